The molecule has 62 valence electrons. The molecular weight excluding hydrogens is 188 g/mol. The molecule has 2 rings (SSSR count). The Kier molecular flexibility index (Phi) is 2.26. The minimum Gasteiger partial charge on any atom is -0.383 e. The van der Waals surface area contributed by atoms with Gasteiger partial charge in [-0.25, -0.2) is 0 Å². The molecule has 2 heterocycles. The molecular formula is C9H8OS2. The zero-order valence-corrected chi connectivity index (χ0v) is 7.94. The molecule has 1 N–H and O–H groups in total. The zero-order valence-electron chi connectivity index (χ0n) is 6.31. The van der Waals surface area contributed by atoms with Crippen molar-refractivity contribution < 1.29 is 5.11 Å². The van der Waals surface area contributed by atoms with Gasteiger partial charge in [0.05, 0.1) is 0 Å². The Balaban J connectivity index is 2.27. The zero-order chi connectivity index (χ0) is 8.39. The standard InChI is InChI=1S/C9H8OS2/c10-9(7-3-5-11-6-7)8-2-1-4-12-8/h1-6,9-10H. The first-order valence-corrected chi connectivity index (χ1v) is 5.44. The molecule has 0 radical (unpaired) electrons. The van der Waals surface area contributed by atoms with Gasteiger partial charge >= 0.3 is 0 Å². The first kappa shape index (κ1) is 7.98. The molecule has 0 aliphatic carbocycles. The fraction of sp³-hybridized carbons (Fsp3) is 0.111. The van der Waals surface area contributed by atoms with Crippen LogP contribution >= 0.6 is 22.7 Å². The molecule has 0 saturated carbocycles. The van der Waals surface area contributed by atoms with Crippen molar-refractivity contribution in [3.8, 4) is 0 Å². The van der Waals surface area contributed by atoms with E-state index in [-0.39, 0.29) is 0 Å². The molecule has 0 spiro atoms. The van der Waals surface area contributed by atoms with Crippen molar-refractivity contribution in [2.75, 3.05) is 0 Å². The third-order valence-electron chi connectivity index (χ3n) is 1.67. The summed E-state index contributed by atoms with van der Waals surface area (Å²) in [5.41, 5.74) is 0.988. The van der Waals surface area contributed by atoms with E-state index < -0.39 is 6.10 Å². The van der Waals surface area contributed by atoms with E-state index in [1.165, 1.54) is 0 Å². The van der Waals surface area contributed by atoms with E-state index in [4.69, 9.17) is 0 Å². The molecule has 2 aromatic heterocycles. The lowest BCUT2D eigenvalue weighted by Crippen LogP contribution is -1.93. The molecule has 0 aliphatic rings. The third-order valence-corrected chi connectivity index (χ3v) is 3.30. The average molecular weight is 196 g/mol. The fourth-order valence-electron chi connectivity index (χ4n) is 1.04. The predicted octanol–water partition coefficient (Wildman–Crippen LogP) is 2.89. The summed E-state index contributed by atoms with van der Waals surface area (Å²) in [5.74, 6) is 0. The summed E-state index contributed by atoms with van der Waals surface area (Å²) in [6.45, 7) is 0. The van der Waals surface area contributed by atoms with Gasteiger partial charge in [-0.1, -0.05) is 6.07 Å². The maximum atomic E-state index is 9.79. The second-order valence-electron chi connectivity index (χ2n) is 2.47. The molecule has 0 aromatic carbocycles. The van der Waals surface area contributed by atoms with Crippen LogP contribution in [0.5, 0.6) is 0 Å². The van der Waals surface area contributed by atoms with Gasteiger partial charge in [0.15, 0.2) is 0 Å². The Bertz CT molecular complexity index is 289. The summed E-state index contributed by atoms with van der Waals surface area (Å²) >= 11 is 3.19. The van der Waals surface area contributed by atoms with Crippen LogP contribution in [0.4, 0.5) is 0 Å². The van der Waals surface area contributed by atoms with Crippen LogP contribution in [0, 0.1) is 0 Å². The average Bonchev–Trinajstić information content (AvgIpc) is 2.77. The summed E-state index contributed by atoms with van der Waals surface area (Å²) in [6.07, 6.45) is -0.434. The van der Waals surface area contributed by atoms with Crippen LogP contribution in [0.3, 0.4) is 0 Å². The van der Waals surface area contributed by atoms with Gasteiger partial charge < -0.3 is 5.11 Å². The first-order valence-electron chi connectivity index (χ1n) is 3.61. The monoisotopic (exact) mass is 196 g/mol. The van der Waals surface area contributed by atoms with Crippen LogP contribution in [0.2, 0.25) is 0 Å². The molecule has 1 atom stereocenters. The van der Waals surface area contributed by atoms with Crippen LogP contribution in [0.1, 0.15) is 16.5 Å². The Morgan fingerprint density at radius 2 is 2.17 bits per heavy atom. The number of rotatable bonds is 2. The first-order chi connectivity index (χ1) is 5.88. The normalized spacial score (nSPS) is 13.1. The van der Waals surface area contributed by atoms with E-state index >= 15 is 0 Å². The van der Waals surface area contributed by atoms with Gasteiger partial charge in [-0.15, -0.1) is 11.3 Å². The number of aliphatic hydroxyl groups is 1. The molecule has 0 fully saturated rings. The second-order valence-corrected chi connectivity index (χ2v) is 4.23. The van der Waals surface area contributed by atoms with Crippen LogP contribution in [-0.4, -0.2) is 5.11 Å². The highest BCUT2D eigenvalue weighted by molar-refractivity contribution is 7.10. The molecule has 3 heteroatoms. The van der Waals surface area contributed by atoms with Gasteiger partial charge in [-0.3, -0.25) is 0 Å². The Hall–Kier alpha value is -0.640. The van der Waals surface area contributed by atoms with E-state index in [2.05, 4.69) is 0 Å². The molecule has 0 bridgehead atoms. The minimum absolute atomic E-state index is 0.434. The maximum Gasteiger partial charge on any atom is 0.114 e. The smallest absolute Gasteiger partial charge is 0.114 e. The fourth-order valence-corrected chi connectivity index (χ4v) is 2.46. The Labute approximate surface area is 78.9 Å². The minimum atomic E-state index is -0.434. The highest BCUT2D eigenvalue weighted by Gasteiger charge is 2.10. The molecule has 0 saturated heterocycles. The van der Waals surface area contributed by atoms with Gasteiger partial charge in [0.25, 0.3) is 0 Å². The van der Waals surface area contributed by atoms with E-state index in [0.29, 0.717) is 0 Å². The number of aliphatic hydroxyl groups excluding tert-OH is 1. The van der Waals surface area contributed by atoms with Crippen molar-refractivity contribution >= 4 is 22.7 Å². The lowest BCUT2D eigenvalue weighted by molar-refractivity contribution is 0.224. The highest BCUT2D eigenvalue weighted by atomic mass is 32.1. The lowest BCUT2D eigenvalue weighted by Gasteiger charge is -2.04. The second kappa shape index (κ2) is 3.39. The molecule has 12 heavy (non-hydrogen) atoms. The molecule has 2 aromatic rings. The summed E-state index contributed by atoms with van der Waals surface area (Å²) in [5, 5.41) is 15.7. The largest absolute Gasteiger partial charge is 0.383 e. The molecule has 1 nitrogen and oxygen atoms in total. The lowest BCUT2D eigenvalue weighted by atomic mass is 10.2. The van der Waals surface area contributed by atoms with Crippen molar-refractivity contribution in [2.24, 2.45) is 0 Å². The summed E-state index contributed by atoms with van der Waals surface area (Å²) in [4.78, 5) is 1.01. The van der Waals surface area contributed by atoms with Gasteiger partial charge in [0, 0.05) is 4.88 Å². The SMILES string of the molecule is OC(c1ccsc1)c1cccs1. The van der Waals surface area contributed by atoms with Gasteiger partial charge in [-0.05, 0) is 33.8 Å². The van der Waals surface area contributed by atoms with E-state index in [0.717, 1.165) is 10.4 Å². The van der Waals surface area contributed by atoms with Crippen LogP contribution in [0.15, 0.2) is 34.3 Å². The van der Waals surface area contributed by atoms with Crippen molar-refractivity contribution in [3.05, 3.63) is 44.8 Å². The summed E-state index contributed by atoms with van der Waals surface area (Å²) < 4.78 is 0. The van der Waals surface area contributed by atoms with Crippen molar-refractivity contribution in [2.45, 2.75) is 6.10 Å². The van der Waals surface area contributed by atoms with Crippen molar-refractivity contribution in [1.82, 2.24) is 0 Å². The van der Waals surface area contributed by atoms with Gasteiger partial charge in [0.1, 0.15) is 6.10 Å². The van der Waals surface area contributed by atoms with E-state index in [9.17, 15) is 5.11 Å². The van der Waals surface area contributed by atoms with E-state index in [1.807, 2.05) is 34.3 Å². The quantitative estimate of drug-likeness (QED) is 0.783. The van der Waals surface area contributed by atoms with Gasteiger partial charge in [-0.2, -0.15) is 11.3 Å². The molecule has 0 amide bonds. The summed E-state index contributed by atoms with van der Waals surface area (Å²) in [6, 6.07) is 5.86. The Morgan fingerprint density at radius 3 is 2.75 bits per heavy atom. The van der Waals surface area contributed by atoms with Gasteiger partial charge in [0.2, 0.25) is 0 Å². The number of thiophene rings is 2. The summed E-state index contributed by atoms with van der Waals surface area (Å²) in [7, 11) is 0. The topological polar surface area (TPSA) is 20.2 Å². The van der Waals surface area contributed by atoms with Crippen LogP contribution < -0.4 is 0 Å². The number of hydrogen-bond donors (Lipinski definition) is 1. The van der Waals surface area contributed by atoms with Crippen LogP contribution in [0.25, 0.3) is 0 Å². The maximum absolute atomic E-state index is 9.79. The molecule has 1 unspecified atom stereocenters. The molecule has 0 aliphatic heterocycles. The van der Waals surface area contributed by atoms with Crippen molar-refractivity contribution in [1.29, 1.82) is 0 Å². The van der Waals surface area contributed by atoms with Crippen LogP contribution in [-0.2, 0) is 0 Å². The third kappa shape index (κ3) is 1.43. The predicted molar refractivity (Wildman–Crippen MR) is 52.7 cm³/mol. The van der Waals surface area contributed by atoms with Crippen molar-refractivity contribution in [3.63, 3.8) is 0 Å². The Morgan fingerprint density at radius 1 is 1.25 bits per heavy atom. The highest BCUT2D eigenvalue weighted by Crippen LogP contribution is 2.26. The number of hydrogen-bond acceptors (Lipinski definition) is 3. The van der Waals surface area contributed by atoms with E-state index in [1.54, 1.807) is 22.7 Å².